The van der Waals surface area contributed by atoms with Crippen molar-refractivity contribution in [2.75, 3.05) is 31.7 Å². The van der Waals surface area contributed by atoms with E-state index in [2.05, 4.69) is 0 Å². The van der Waals surface area contributed by atoms with E-state index >= 15 is 4.79 Å². The van der Waals surface area contributed by atoms with Crippen LogP contribution < -0.4 is 10.6 Å². The van der Waals surface area contributed by atoms with E-state index in [1.165, 1.54) is 4.68 Å². The van der Waals surface area contributed by atoms with Gasteiger partial charge in [0.25, 0.3) is 16.0 Å². The lowest BCUT2D eigenvalue weighted by atomic mass is 9.65. The number of hydrazine groups is 1. The first-order valence-electron chi connectivity index (χ1n) is 19.3. The van der Waals surface area contributed by atoms with E-state index in [0.29, 0.717) is 46.2 Å². The monoisotopic (exact) mass is 844 g/mol. The fourth-order valence-corrected chi connectivity index (χ4v) is 11.4. The number of ether oxygens (including phenoxy) is 2. The van der Waals surface area contributed by atoms with Gasteiger partial charge in [0.15, 0.2) is 0 Å². The largest absolute Gasteiger partial charge is 0.459 e. The molecule has 0 saturated carbocycles. The second-order valence-corrected chi connectivity index (χ2v) is 19.4. The number of benzene rings is 2. The topological polar surface area (TPSA) is 161 Å². The molecule has 15 nitrogen and oxygen atoms in total. The van der Waals surface area contributed by atoms with Gasteiger partial charge in [-0.3, -0.25) is 58.1 Å². The van der Waals surface area contributed by atoms with Crippen molar-refractivity contribution >= 4 is 63.4 Å². The van der Waals surface area contributed by atoms with E-state index in [0.717, 1.165) is 15.5 Å². The Balaban J connectivity index is 1.45. The summed E-state index contributed by atoms with van der Waals surface area (Å²) in [6, 6.07) is 18.5. The number of hydrogen-bond donors (Lipinski definition) is 0. The van der Waals surface area contributed by atoms with Gasteiger partial charge in [-0.25, -0.2) is 4.68 Å². The molecular weight excluding hydrogens is 797 g/mol. The third-order valence-electron chi connectivity index (χ3n) is 10.9. The summed E-state index contributed by atoms with van der Waals surface area (Å²) < 4.78 is 12.3. The molecule has 3 aromatic rings. The van der Waals surface area contributed by atoms with Crippen LogP contribution in [0.5, 0.6) is 0 Å². The average Bonchev–Trinajstić information content (AvgIpc) is 3.78. The van der Waals surface area contributed by atoms with Gasteiger partial charge in [0.1, 0.15) is 34.3 Å². The van der Waals surface area contributed by atoms with E-state index in [1.807, 2.05) is 53.5 Å². The first kappa shape index (κ1) is 41.9. The maximum absolute atomic E-state index is 15.6. The molecule has 4 unspecified atom stereocenters. The molecule has 4 atom stereocenters. The van der Waals surface area contributed by atoms with Crippen LogP contribution in [0.25, 0.3) is 5.69 Å². The normalized spacial score (nSPS) is 23.6. The number of aromatic nitrogens is 2. The Labute approximate surface area is 350 Å². The van der Waals surface area contributed by atoms with Crippen LogP contribution in [-0.4, -0.2) is 106 Å². The zero-order valence-corrected chi connectivity index (χ0v) is 36.1. The van der Waals surface area contributed by atoms with E-state index in [4.69, 9.17) is 9.47 Å². The van der Waals surface area contributed by atoms with E-state index in [-0.39, 0.29) is 18.5 Å². The van der Waals surface area contributed by atoms with Gasteiger partial charge in [0.05, 0.1) is 17.9 Å². The number of para-hydroxylation sites is 2. The first-order chi connectivity index (χ1) is 27.6. The number of thioether (sulfide) groups is 2. The number of hydrogen-bond acceptors (Lipinski definition) is 13. The number of allylic oxidation sites excluding steroid dienone is 1. The lowest BCUT2D eigenvalue weighted by Crippen LogP contribution is -2.57. The van der Waals surface area contributed by atoms with Crippen molar-refractivity contribution in [3.8, 4) is 5.69 Å². The second kappa shape index (κ2) is 15.1. The van der Waals surface area contributed by atoms with Crippen LogP contribution in [-0.2, 0) is 35.7 Å². The van der Waals surface area contributed by atoms with Crippen molar-refractivity contribution in [1.82, 2.24) is 24.2 Å². The molecule has 312 valence electrons. The Hall–Kier alpha value is -5.29. The molecule has 2 aromatic carbocycles. The van der Waals surface area contributed by atoms with Crippen LogP contribution in [0.15, 0.2) is 76.7 Å². The summed E-state index contributed by atoms with van der Waals surface area (Å²) in [6.45, 7) is 10.6. The number of carbonyl (C=O) groups is 6. The number of amides is 4. The van der Waals surface area contributed by atoms with E-state index < -0.39 is 85.9 Å². The molecule has 2 saturated heterocycles. The average molecular weight is 845 g/mol. The number of carbonyl (C=O) groups excluding carboxylic acids is 6. The zero-order valence-electron chi connectivity index (χ0n) is 34.5. The molecule has 2 fully saturated rings. The molecule has 17 heteroatoms. The highest BCUT2D eigenvalue weighted by Crippen LogP contribution is 2.63. The molecule has 1 aliphatic carbocycles. The lowest BCUT2D eigenvalue weighted by molar-refractivity contribution is -0.157. The maximum atomic E-state index is 15.6. The van der Waals surface area contributed by atoms with Crippen molar-refractivity contribution in [2.45, 2.75) is 82.0 Å². The molecule has 4 amide bonds. The van der Waals surface area contributed by atoms with E-state index in [9.17, 15) is 28.8 Å². The number of esters is 2. The summed E-state index contributed by atoms with van der Waals surface area (Å²) >= 11 is 1.36. The van der Waals surface area contributed by atoms with Crippen LogP contribution in [0.1, 0.15) is 65.1 Å². The summed E-state index contributed by atoms with van der Waals surface area (Å²) in [5.74, 6) is -5.36. The van der Waals surface area contributed by atoms with Gasteiger partial charge < -0.3 is 9.47 Å². The van der Waals surface area contributed by atoms with Gasteiger partial charge in [-0.15, -0.1) is 0 Å². The van der Waals surface area contributed by atoms with Crippen LogP contribution in [0.2, 0.25) is 0 Å². The number of rotatable bonds is 8. The SMILES string of the molecule is Cc1c(C2CC3=C(CN(c4ccccc4)N3C)C(C3SC(=O)N(CC(=O)OC(C)(C)C)C3=O)C23SC(=O)N(CC(=O)OC(C)(C)C)C3=O)c(=O)n(-c2ccccc2)n1C. The Morgan fingerprint density at radius 2 is 1.32 bits per heavy atom. The standard InChI is InChI=1S/C42H48N6O9S2/c1-24-32(35(51)48(43(24)8)26-18-14-11-15-19-26)28-20-29-27(21-47(44(29)9)25-16-12-10-13-17-25)33(34-36(52)45(38(54)58-34)22-30(49)56-40(2,3)4)42(28)37(53)46(39(55)59-42)23-31(50)57-41(5,6)7/h10-19,28,33-34H,20-23H2,1-9H3. The molecule has 0 radical (unpaired) electrons. The molecule has 7 rings (SSSR count). The predicted octanol–water partition coefficient (Wildman–Crippen LogP) is 5.39. The second-order valence-electron chi connectivity index (χ2n) is 17.1. The minimum absolute atomic E-state index is 0.0913. The molecule has 0 bridgehead atoms. The number of anilines is 1. The fourth-order valence-electron chi connectivity index (χ4n) is 8.57. The van der Waals surface area contributed by atoms with Crippen molar-refractivity contribution < 1.29 is 38.2 Å². The van der Waals surface area contributed by atoms with Crippen molar-refractivity contribution in [3.05, 3.63) is 93.5 Å². The quantitative estimate of drug-likeness (QED) is 0.266. The third-order valence-corrected chi connectivity index (χ3v) is 13.5. The van der Waals surface area contributed by atoms with Gasteiger partial charge in [0, 0.05) is 42.9 Å². The molecular formula is C42H48N6O9S2. The first-order valence-corrected chi connectivity index (χ1v) is 21.0. The van der Waals surface area contributed by atoms with Crippen LogP contribution >= 0.6 is 23.5 Å². The Morgan fingerprint density at radius 1 is 0.780 bits per heavy atom. The zero-order chi connectivity index (χ0) is 42.9. The molecule has 59 heavy (non-hydrogen) atoms. The summed E-state index contributed by atoms with van der Waals surface area (Å²) in [4.78, 5) is 102. The van der Waals surface area contributed by atoms with Crippen LogP contribution in [0.4, 0.5) is 15.3 Å². The fraction of sp³-hybridized carbons (Fsp3) is 0.452. The molecule has 1 aromatic heterocycles. The summed E-state index contributed by atoms with van der Waals surface area (Å²) in [5, 5.41) is 1.12. The summed E-state index contributed by atoms with van der Waals surface area (Å²) in [7, 11) is 3.59. The Morgan fingerprint density at radius 3 is 1.88 bits per heavy atom. The maximum Gasteiger partial charge on any atom is 0.326 e. The van der Waals surface area contributed by atoms with Gasteiger partial charge in [-0.2, -0.15) is 0 Å². The van der Waals surface area contributed by atoms with Crippen molar-refractivity contribution in [2.24, 2.45) is 13.0 Å². The van der Waals surface area contributed by atoms with Crippen LogP contribution in [0, 0.1) is 12.8 Å². The van der Waals surface area contributed by atoms with Crippen molar-refractivity contribution in [1.29, 1.82) is 0 Å². The Kier molecular flexibility index (Phi) is 10.7. The van der Waals surface area contributed by atoms with Crippen molar-refractivity contribution in [3.63, 3.8) is 0 Å². The highest BCUT2D eigenvalue weighted by molar-refractivity contribution is 8.16. The van der Waals surface area contributed by atoms with Gasteiger partial charge >= 0.3 is 11.9 Å². The number of nitrogens with zero attached hydrogens (tertiary/aromatic N) is 6. The predicted molar refractivity (Wildman–Crippen MR) is 223 cm³/mol. The Bertz CT molecular complexity index is 2350. The minimum Gasteiger partial charge on any atom is -0.459 e. The lowest BCUT2D eigenvalue weighted by Gasteiger charge is -2.46. The smallest absolute Gasteiger partial charge is 0.326 e. The highest BCUT2D eigenvalue weighted by Gasteiger charge is 2.70. The molecule has 3 aliphatic heterocycles. The highest BCUT2D eigenvalue weighted by atomic mass is 32.2. The molecule has 0 N–H and O–H groups in total. The molecule has 4 aliphatic rings. The third kappa shape index (κ3) is 7.36. The van der Waals surface area contributed by atoms with Gasteiger partial charge in [0.2, 0.25) is 11.8 Å². The van der Waals surface area contributed by atoms with Gasteiger partial charge in [-0.05, 0) is 96.5 Å². The van der Waals surface area contributed by atoms with Crippen LogP contribution in [0.3, 0.4) is 0 Å². The van der Waals surface area contributed by atoms with E-state index in [1.54, 1.807) is 84.5 Å². The number of imide groups is 2. The van der Waals surface area contributed by atoms with Gasteiger partial charge in [-0.1, -0.05) is 48.2 Å². The minimum atomic E-state index is -1.92. The molecule has 1 spiro atoms. The molecule has 4 heterocycles. The summed E-state index contributed by atoms with van der Waals surface area (Å²) in [6.07, 6.45) is 0.0913. The summed E-state index contributed by atoms with van der Waals surface area (Å²) in [5.41, 5.74) is 1.23.